The maximum absolute atomic E-state index is 9.87. The van der Waals surface area contributed by atoms with Gasteiger partial charge < -0.3 is 30.0 Å². The lowest BCUT2D eigenvalue weighted by Crippen LogP contribution is -2.45. The molecule has 12 heavy (non-hydrogen) atoms. The molecule has 0 heterocycles. The minimum atomic E-state index is -1.86. The Morgan fingerprint density at radius 1 is 0.750 bits per heavy atom. The zero-order valence-corrected chi connectivity index (χ0v) is 6.07. The molecular formula is C6H10O6. The molecule has 4 N–H and O–H groups in total. The van der Waals surface area contributed by atoms with Crippen LogP contribution in [0.15, 0.2) is 0 Å². The highest BCUT2D eigenvalue weighted by molar-refractivity contribution is 5.59. The van der Waals surface area contributed by atoms with Crippen LogP contribution in [-0.4, -0.2) is 57.4 Å². The normalized spacial score (nSPS) is 20.7. The van der Waals surface area contributed by atoms with Crippen LogP contribution in [0.4, 0.5) is 0 Å². The summed E-state index contributed by atoms with van der Waals surface area (Å²) < 4.78 is 0. The molecule has 0 fully saturated rings. The van der Waals surface area contributed by atoms with E-state index in [1.165, 1.54) is 0 Å². The van der Waals surface area contributed by atoms with Gasteiger partial charge in [0.2, 0.25) is 0 Å². The number of aliphatic hydroxyl groups excluding tert-OH is 4. The highest BCUT2D eigenvalue weighted by Crippen LogP contribution is 2.01. The fourth-order valence-corrected chi connectivity index (χ4v) is 0.565. The maximum atomic E-state index is 9.87. The Bertz CT molecular complexity index is 140. The van der Waals surface area contributed by atoms with Crippen molar-refractivity contribution in [2.24, 2.45) is 0 Å². The van der Waals surface area contributed by atoms with Crippen LogP contribution in [0.3, 0.4) is 0 Å². The minimum absolute atomic E-state index is 0.00852. The van der Waals surface area contributed by atoms with Gasteiger partial charge in [0.25, 0.3) is 0 Å². The van der Waals surface area contributed by atoms with Gasteiger partial charge in [0.15, 0.2) is 12.6 Å². The quantitative estimate of drug-likeness (QED) is 0.330. The van der Waals surface area contributed by atoms with E-state index in [2.05, 4.69) is 0 Å². The lowest BCUT2D eigenvalue weighted by atomic mass is 10.1. The standard InChI is InChI=1S/C6H10O6/c7-1-3(9)5(11)6(12)4(10)2-8/h1-6,9-12H. The number of rotatable bonds is 5. The lowest BCUT2D eigenvalue weighted by molar-refractivity contribution is -0.140. The Balaban J connectivity index is 4.16. The van der Waals surface area contributed by atoms with Gasteiger partial charge in [-0.1, -0.05) is 0 Å². The third kappa shape index (κ3) is 2.67. The molecule has 0 saturated heterocycles. The van der Waals surface area contributed by atoms with Crippen molar-refractivity contribution in [1.82, 2.24) is 0 Å². The summed E-state index contributed by atoms with van der Waals surface area (Å²) in [7, 11) is 0. The van der Waals surface area contributed by atoms with Crippen LogP contribution >= 0.6 is 0 Å². The summed E-state index contributed by atoms with van der Waals surface area (Å²) in [6.45, 7) is 0. The number of hydrogen-bond acceptors (Lipinski definition) is 6. The van der Waals surface area contributed by atoms with Crippen LogP contribution in [0.2, 0.25) is 0 Å². The molecule has 4 atom stereocenters. The van der Waals surface area contributed by atoms with Crippen molar-refractivity contribution >= 4 is 12.6 Å². The number of hydrogen-bond donors (Lipinski definition) is 4. The molecule has 0 spiro atoms. The number of aliphatic hydroxyl groups is 4. The summed E-state index contributed by atoms with van der Waals surface area (Å²) in [5, 5.41) is 34.9. The van der Waals surface area contributed by atoms with Gasteiger partial charge in [-0.15, -0.1) is 0 Å². The van der Waals surface area contributed by atoms with Crippen molar-refractivity contribution in [1.29, 1.82) is 0 Å². The van der Waals surface area contributed by atoms with Gasteiger partial charge in [0.1, 0.15) is 24.4 Å². The van der Waals surface area contributed by atoms with E-state index < -0.39 is 24.4 Å². The number of carbonyl (C=O) groups excluding carboxylic acids is 2. The van der Waals surface area contributed by atoms with Crippen molar-refractivity contribution in [2.45, 2.75) is 24.4 Å². The molecule has 0 aromatic carbocycles. The lowest BCUT2D eigenvalue weighted by Gasteiger charge is -2.20. The molecule has 70 valence electrons. The molecule has 0 rings (SSSR count). The highest BCUT2D eigenvalue weighted by Gasteiger charge is 2.29. The van der Waals surface area contributed by atoms with Crippen LogP contribution in [0.25, 0.3) is 0 Å². The molecule has 0 aliphatic carbocycles. The van der Waals surface area contributed by atoms with E-state index in [9.17, 15) is 9.59 Å². The molecule has 6 nitrogen and oxygen atoms in total. The first-order chi connectivity index (χ1) is 5.54. The molecule has 0 radical (unpaired) electrons. The molecule has 0 aliphatic rings. The summed E-state index contributed by atoms with van der Waals surface area (Å²) in [5.41, 5.74) is 0. The van der Waals surface area contributed by atoms with Crippen molar-refractivity contribution in [3.05, 3.63) is 0 Å². The number of carbonyl (C=O) groups is 2. The SMILES string of the molecule is O=CC(O)C(O)C(O)C(O)C=O. The van der Waals surface area contributed by atoms with Gasteiger partial charge in [0, 0.05) is 0 Å². The molecule has 6 heteroatoms. The molecule has 0 aromatic rings. The van der Waals surface area contributed by atoms with Gasteiger partial charge in [-0.3, -0.25) is 0 Å². The van der Waals surface area contributed by atoms with E-state index in [1.54, 1.807) is 0 Å². The smallest absolute Gasteiger partial charge is 0.151 e. The maximum Gasteiger partial charge on any atom is 0.151 e. The summed E-state index contributed by atoms with van der Waals surface area (Å²) in [6.07, 6.45) is -7.36. The van der Waals surface area contributed by atoms with E-state index in [1.807, 2.05) is 0 Å². The summed E-state index contributed by atoms with van der Waals surface area (Å²) in [5.74, 6) is 0. The van der Waals surface area contributed by atoms with Crippen LogP contribution in [0.5, 0.6) is 0 Å². The van der Waals surface area contributed by atoms with Crippen LogP contribution in [0, 0.1) is 0 Å². The van der Waals surface area contributed by atoms with Crippen molar-refractivity contribution < 1.29 is 30.0 Å². The second kappa shape index (κ2) is 4.94. The average molecular weight is 178 g/mol. The second-order valence-corrected chi connectivity index (χ2v) is 2.23. The van der Waals surface area contributed by atoms with Crippen molar-refractivity contribution in [3.63, 3.8) is 0 Å². The molecule has 0 saturated carbocycles. The Morgan fingerprint density at radius 3 is 1.17 bits per heavy atom. The average Bonchev–Trinajstić information content (AvgIpc) is 2.12. The predicted octanol–water partition coefficient (Wildman–Crippen LogP) is -3.17. The summed E-state index contributed by atoms with van der Waals surface area (Å²) in [6, 6.07) is 0. The Labute approximate surface area is 68.1 Å². The Hall–Kier alpha value is -0.820. The monoisotopic (exact) mass is 178 g/mol. The molecule has 0 aromatic heterocycles. The van der Waals surface area contributed by atoms with Crippen molar-refractivity contribution in [3.8, 4) is 0 Å². The minimum Gasteiger partial charge on any atom is -0.387 e. The molecule has 0 amide bonds. The van der Waals surface area contributed by atoms with Crippen molar-refractivity contribution in [2.75, 3.05) is 0 Å². The van der Waals surface area contributed by atoms with E-state index in [-0.39, 0.29) is 12.6 Å². The molecular weight excluding hydrogens is 168 g/mol. The van der Waals surface area contributed by atoms with E-state index >= 15 is 0 Å². The first-order valence-electron chi connectivity index (χ1n) is 3.17. The van der Waals surface area contributed by atoms with Gasteiger partial charge in [-0.25, -0.2) is 0 Å². The van der Waals surface area contributed by atoms with Crippen LogP contribution in [0.1, 0.15) is 0 Å². The van der Waals surface area contributed by atoms with Gasteiger partial charge in [0.05, 0.1) is 0 Å². The van der Waals surface area contributed by atoms with Crippen LogP contribution in [-0.2, 0) is 9.59 Å². The van der Waals surface area contributed by atoms with Gasteiger partial charge >= 0.3 is 0 Å². The topological polar surface area (TPSA) is 115 Å². The zero-order valence-electron chi connectivity index (χ0n) is 6.07. The van der Waals surface area contributed by atoms with E-state index in [4.69, 9.17) is 20.4 Å². The third-order valence-electron chi connectivity index (χ3n) is 1.33. The van der Waals surface area contributed by atoms with Crippen LogP contribution < -0.4 is 0 Å². The summed E-state index contributed by atoms with van der Waals surface area (Å²) >= 11 is 0. The molecule has 4 unspecified atom stereocenters. The molecule has 0 bridgehead atoms. The molecule has 0 aliphatic heterocycles. The van der Waals surface area contributed by atoms with Gasteiger partial charge in [-0.2, -0.15) is 0 Å². The first-order valence-corrected chi connectivity index (χ1v) is 3.17. The first kappa shape index (κ1) is 11.2. The van der Waals surface area contributed by atoms with E-state index in [0.717, 1.165) is 0 Å². The fraction of sp³-hybridized carbons (Fsp3) is 0.667. The third-order valence-corrected chi connectivity index (χ3v) is 1.33. The Kier molecular flexibility index (Phi) is 4.60. The fourth-order valence-electron chi connectivity index (χ4n) is 0.565. The zero-order chi connectivity index (χ0) is 9.72. The van der Waals surface area contributed by atoms with E-state index in [0.29, 0.717) is 0 Å². The summed E-state index contributed by atoms with van der Waals surface area (Å²) in [4.78, 5) is 19.7. The Morgan fingerprint density at radius 2 is 1.00 bits per heavy atom. The predicted molar refractivity (Wildman–Crippen MR) is 36.2 cm³/mol. The largest absolute Gasteiger partial charge is 0.387 e. The second-order valence-electron chi connectivity index (χ2n) is 2.23. The van der Waals surface area contributed by atoms with Gasteiger partial charge in [-0.05, 0) is 0 Å². The highest BCUT2D eigenvalue weighted by atomic mass is 16.4. The number of aldehydes is 2.